The first-order chi connectivity index (χ1) is 17.1. The summed E-state index contributed by atoms with van der Waals surface area (Å²) in [4.78, 5) is 40.6. The maximum absolute atomic E-state index is 12.8. The third kappa shape index (κ3) is 9.06. The molecule has 2 N–H and O–H groups in total. The second-order valence-electron chi connectivity index (χ2n) is 8.33. The Balaban J connectivity index is 0.00000481. The second kappa shape index (κ2) is 14.0. The number of amides is 1. The summed E-state index contributed by atoms with van der Waals surface area (Å²) >= 11 is 2.31. The largest absolute Gasteiger partial charge is 0.481 e. The van der Waals surface area contributed by atoms with Crippen molar-refractivity contribution in [1.82, 2.24) is 25.5 Å². The average molecular weight is 565 g/mol. The predicted octanol–water partition coefficient (Wildman–Crippen LogP) is 3.98. The minimum Gasteiger partial charge on any atom is -0.481 e. The fourth-order valence-electron chi connectivity index (χ4n) is 3.35. The number of carboxylic acid groups (broad SMARTS) is 1. The van der Waals surface area contributed by atoms with Gasteiger partial charge in [0.05, 0.1) is 6.42 Å². The number of aliphatic carboxylic acids is 1. The number of tetrazole rings is 1. The maximum Gasteiger partial charge on any atom is 0.305 e. The van der Waals surface area contributed by atoms with Crippen LogP contribution in [0.1, 0.15) is 23.1 Å². The monoisotopic (exact) mass is 564 g/mol. The molecule has 0 radical (unpaired) electrons. The van der Waals surface area contributed by atoms with Crippen LogP contribution >= 0.6 is 35.9 Å². The highest BCUT2D eigenvalue weighted by Crippen LogP contribution is 2.33. The van der Waals surface area contributed by atoms with E-state index in [1.165, 1.54) is 11.8 Å². The van der Waals surface area contributed by atoms with Crippen LogP contribution in [0.2, 0.25) is 0 Å². The quantitative estimate of drug-likeness (QED) is 0.352. The van der Waals surface area contributed by atoms with Gasteiger partial charge in [0.15, 0.2) is 5.78 Å². The number of hydrogen-bond donors (Lipinski definition) is 2. The molecule has 1 atom stereocenters. The number of nitrogens with zero attached hydrogens (tertiary/aromatic N) is 5. The van der Waals surface area contributed by atoms with Gasteiger partial charge < -0.3 is 15.3 Å². The van der Waals surface area contributed by atoms with Crippen LogP contribution in [0, 0.1) is 13.8 Å². The summed E-state index contributed by atoms with van der Waals surface area (Å²) in [6, 6.07) is 12.3. The van der Waals surface area contributed by atoms with Crippen molar-refractivity contribution in [3.8, 4) is 0 Å². The molecule has 1 amide bonds. The fourth-order valence-corrected chi connectivity index (χ4v) is 4.90. The first-order valence-electron chi connectivity index (χ1n) is 11.1. The second-order valence-corrected chi connectivity index (χ2v) is 10.3. The molecule has 1 aromatic heterocycles. The average Bonchev–Trinajstić information content (AvgIpc) is 3.26. The van der Waals surface area contributed by atoms with Crippen molar-refractivity contribution < 1.29 is 19.5 Å². The molecule has 0 aliphatic rings. The van der Waals surface area contributed by atoms with E-state index in [0.29, 0.717) is 10.9 Å². The fraction of sp³-hybridized carbons (Fsp3) is 0.333. The third-order valence-electron chi connectivity index (χ3n) is 5.16. The van der Waals surface area contributed by atoms with Gasteiger partial charge in [0.1, 0.15) is 12.6 Å². The van der Waals surface area contributed by atoms with Crippen molar-refractivity contribution in [1.29, 1.82) is 0 Å². The van der Waals surface area contributed by atoms with Gasteiger partial charge in [-0.3, -0.25) is 14.4 Å². The van der Waals surface area contributed by atoms with E-state index in [0.717, 1.165) is 43.8 Å². The Kier molecular flexibility index (Phi) is 11.4. The van der Waals surface area contributed by atoms with Gasteiger partial charge in [-0.05, 0) is 59.6 Å². The summed E-state index contributed by atoms with van der Waals surface area (Å²) in [7, 11) is 3.96. The number of carbonyl (C=O) groups is 3. The normalized spacial score (nSPS) is 11.4. The molecule has 37 heavy (non-hydrogen) atoms. The number of benzene rings is 2. The Morgan fingerprint density at radius 1 is 1.11 bits per heavy atom. The molecule has 13 heteroatoms. The Hall–Kier alpha value is -3.09. The van der Waals surface area contributed by atoms with Crippen molar-refractivity contribution in [2.75, 3.05) is 19.0 Å². The Morgan fingerprint density at radius 3 is 2.35 bits per heavy atom. The van der Waals surface area contributed by atoms with Crippen LogP contribution in [0.15, 0.2) is 52.5 Å². The molecule has 0 bridgehead atoms. The van der Waals surface area contributed by atoms with E-state index in [-0.39, 0.29) is 19.0 Å². The Labute approximate surface area is 230 Å². The van der Waals surface area contributed by atoms with Crippen LogP contribution in [-0.4, -0.2) is 62.4 Å². The topological polar surface area (TPSA) is 130 Å². The molecule has 0 aliphatic heterocycles. The molecule has 0 saturated heterocycles. The molecule has 1 heterocycles. The smallest absolute Gasteiger partial charge is 0.305 e. The lowest BCUT2D eigenvalue weighted by Gasteiger charge is -2.16. The van der Waals surface area contributed by atoms with Gasteiger partial charge in [0.25, 0.3) is 5.24 Å². The molecule has 1 unspecified atom stereocenters. The van der Waals surface area contributed by atoms with Crippen molar-refractivity contribution in [3.63, 3.8) is 0 Å². The van der Waals surface area contributed by atoms with E-state index >= 15 is 0 Å². The first-order valence-corrected chi connectivity index (χ1v) is 12.9. The number of thioether (sulfide) groups is 1. The number of Topliss-reactive ketones (excluding diaryl/α,β-unsaturated/α-hetero) is 1. The van der Waals surface area contributed by atoms with E-state index in [9.17, 15) is 19.5 Å². The van der Waals surface area contributed by atoms with Gasteiger partial charge in [0.2, 0.25) is 5.16 Å². The van der Waals surface area contributed by atoms with Crippen LogP contribution in [-0.2, 0) is 21.9 Å². The number of aromatic nitrogens is 4. The summed E-state index contributed by atoms with van der Waals surface area (Å²) in [5.74, 6) is -1.32. The lowest BCUT2D eigenvalue weighted by atomic mass is 10.1. The highest BCUT2D eigenvalue weighted by molar-refractivity contribution is 8.12. The van der Waals surface area contributed by atoms with Gasteiger partial charge in [-0.15, -0.1) is 22.6 Å². The van der Waals surface area contributed by atoms with E-state index in [1.807, 2.05) is 63.2 Å². The summed E-state index contributed by atoms with van der Waals surface area (Å²) < 4.78 is 0. The summed E-state index contributed by atoms with van der Waals surface area (Å²) in [6.07, 6.45) is -0.538. The SMILES string of the molecule is Cc1cc(N(C)C)cc(C)c1Sc1nnn(CC(=O)C(CC(=O)O)NC(=O)SCc2ccccc2)n1.Cl. The van der Waals surface area contributed by atoms with Gasteiger partial charge in [-0.2, -0.15) is 4.80 Å². The molecule has 2 aromatic carbocycles. The number of carboxylic acids is 1. The molecule has 3 rings (SSSR count). The van der Waals surface area contributed by atoms with Crippen LogP contribution in [0.3, 0.4) is 0 Å². The molecule has 0 saturated carbocycles. The number of hydrogen-bond acceptors (Lipinski definition) is 9. The van der Waals surface area contributed by atoms with Crippen molar-refractivity contribution >= 4 is 58.6 Å². The van der Waals surface area contributed by atoms with Crippen molar-refractivity contribution in [2.45, 2.75) is 48.7 Å². The van der Waals surface area contributed by atoms with Gasteiger partial charge in [-0.1, -0.05) is 42.1 Å². The third-order valence-corrected chi connectivity index (χ3v) is 7.21. The molecule has 10 nitrogen and oxygen atoms in total. The highest BCUT2D eigenvalue weighted by atomic mass is 35.5. The maximum atomic E-state index is 12.8. The van der Waals surface area contributed by atoms with E-state index < -0.39 is 29.5 Å². The number of carbonyl (C=O) groups excluding carboxylic acids is 2. The van der Waals surface area contributed by atoms with E-state index in [4.69, 9.17) is 0 Å². The van der Waals surface area contributed by atoms with Crippen molar-refractivity contribution in [3.05, 3.63) is 59.2 Å². The molecule has 3 aromatic rings. The minimum absolute atomic E-state index is 0. The van der Waals surface area contributed by atoms with Crippen LogP contribution in [0.5, 0.6) is 0 Å². The number of halogens is 1. The zero-order valence-electron chi connectivity index (χ0n) is 20.9. The zero-order valence-corrected chi connectivity index (χ0v) is 23.3. The van der Waals surface area contributed by atoms with E-state index in [1.54, 1.807) is 0 Å². The molecule has 0 aliphatic carbocycles. The number of ketones is 1. The summed E-state index contributed by atoms with van der Waals surface area (Å²) in [6.45, 7) is 3.70. The lowest BCUT2D eigenvalue weighted by molar-refractivity contribution is -0.139. The molecule has 198 valence electrons. The number of nitrogens with one attached hydrogen (secondary N) is 1. The van der Waals surface area contributed by atoms with Crippen molar-refractivity contribution in [2.24, 2.45) is 0 Å². The Morgan fingerprint density at radius 2 is 1.76 bits per heavy atom. The number of rotatable bonds is 11. The Bertz CT molecular complexity index is 1220. The lowest BCUT2D eigenvalue weighted by Crippen LogP contribution is -2.42. The van der Waals surface area contributed by atoms with E-state index in [2.05, 4.69) is 32.9 Å². The molecular weight excluding hydrogens is 536 g/mol. The van der Waals surface area contributed by atoms with Crippen LogP contribution in [0.25, 0.3) is 0 Å². The van der Waals surface area contributed by atoms with Crippen LogP contribution in [0.4, 0.5) is 10.5 Å². The zero-order chi connectivity index (χ0) is 26.2. The standard InChI is InChI=1S/C24H28N6O4S2.ClH/c1-15-10-18(29(3)4)11-16(2)22(15)36-23-26-28-30(27-23)13-20(31)19(12-21(32)33)25-24(34)35-14-17-8-6-5-7-9-17;/h5-11,19H,12-14H2,1-4H3,(H,25,34)(H,32,33);1H. The van der Waals surface area contributed by atoms with Gasteiger partial charge in [0, 0.05) is 30.4 Å². The highest BCUT2D eigenvalue weighted by Gasteiger charge is 2.25. The van der Waals surface area contributed by atoms with Crippen LogP contribution < -0.4 is 10.2 Å². The van der Waals surface area contributed by atoms with Gasteiger partial charge >= 0.3 is 5.97 Å². The van der Waals surface area contributed by atoms with Gasteiger partial charge in [-0.25, -0.2) is 0 Å². The summed E-state index contributed by atoms with van der Waals surface area (Å²) in [5.41, 5.74) is 4.16. The number of aryl methyl sites for hydroxylation is 2. The first kappa shape index (κ1) is 30.1. The number of anilines is 1. The molecule has 0 fully saturated rings. The summed E-state index contributed by atoms with van der Waals surface area (Å²) in [5, 5.41) is 23.8. The minimum atomic E-state index is -1.21. The predicted molar refractivity (Wildman–Crippen MR) is 147 cm³/mol. The molecule has 0 spiro atoms. The molecular formula is C24H29ClN6O4S2.